The molecule has 1 saturated heterocycles. The Kier molecular flexibility index (Phi) is 3.17. The van der Waals surface area contributed by atoms with E-state index in [0.29, 0.717) is 5.92 Å². The monoisotopic (exact) mass is 224 g/mol. The number of nitrogens with zero attached hydrogens (tertiary/aromatic N) is 1. The van der Waals surface area contributed by atoms with Crippen molar-refractivity contribution in [2.24, 2.45) is 11.8 Å². The van der Waals surface area contributed by atoms with Gasteiger partial charge < -0.3 is 10.2 Å². The summed E-state index contributed by atoms with van der Waals surface area (Å²) in [6, 6.07) is -0.277. The molecular formula is C12H20N2O2. The average Bonchev–Trinajstić information content (AvgIpc) is 2.90. The van der Waals surface area contributed by atoms with E-state index < -0.39 is 0 Å². The summed E-state index contributed by atoms with van der Waals surface area (Å²) in [4.78, 5) is 25.3. The molecule has 2 amide bonds. The molecule has 1 N–H and O–H groups in total. The van der Waals surface area contributed by atoms with Gasteiger partial charge in [0.25, 0.3) is 0 Å². The number of hydrogen-bond donors (Lipinski definition) is 1. The molecule has 1 saturated carbocycles. The Labute approximate surface area is 96.4 Å². The number of rotatable bonds is 4. The fraction of sp³-hybridized carbons (Fsp3) is 0.833. The molecule has 3 atom stereocenters. The van der Waals surface area contributed by atoms with Crippen LogP contribution in [0.2, 0.25) is 0 Å². The van der Waals surface area contributed by atoms with Crippen molar-refractivity contribution in [2.45, 2.75) is 39.2 Å². The summed E-state index contributed by atoms with van der Waals surface area (Å²) < 4.78 is 0. The number of carbonyl (C=O) groups is 2. The number of piperazine rings is 1. The van der Waals surface area contributed by atoms with Crippen LogP contribution < -0.4 is 5.32 Å². The molecule has 0 aromatic rings. The van der Waals surface area contributed by atoms with Gasteiger partial charge in [0.05, 0.1) is 6.54 Å². The zero-order valence-corrected chi connectivity index (χ0v) is 10.0. The normalized spacial score (nSPS) is 33.9. The van der Waals surface area contributed by atoms with Crippen LogP contribution in [0.1, 0.15) is 33.1 Å². The summed E-state index contributed by atoms with van der Waals surface area (Å²) in [5.41, 5.74) is 0. The Hall–Kier alpha value is -1.06. The van der Waals surface area contributed by atoms with Crippen LogP contribution in [0.5, 0.6) is 0 Å². The number of amides is 2. The molecule has 2 fully saturated rings. The van der Waals surface area contributed by atoms with Gasteiger partial charge in [-0.1, -0.05) is 20.3 Å². The SMILES string of the molecule is CCCC1NC(=O)CN(CC2CC2C)C1=O. The average molecular weight is 224 g/mol. The molecule has 2 aliphatic rings. The molecule has 90 valence electrons. The Bertz CT molecular complexity index is 303. The summed E-state index contributed by atoms with van der Waals surface area (Å²) in [7, 11) is 0. The first-order valence-electron chi connectivity index (χ1n) is 6.20. The van der Waals surface area contributed by atoms with E-state index in [-0.39, 0.29) is 24.4 Å². The van der Waals surface area contributed by atoms with E-state index in [4.69, 9.17) is 0 Å². The van der Waals surface area contributed by atoms with Gasteiger partial charge in [-0.25, -0.2) is 0 Å². The van der Waals surface area contributed by atoms with Gasteiger partial charge in [-0.15, -0.1) is 0 Å². The van der Waals surface area contributed by atoms with Crippen molar-refractivity contribution in [3.8, 4) is 0 Å². The molecule has 4 nitrogen and oxygen atoms in total. The third-order valence-electron chi connectivity index (χ3n) is 3.59. The molecule has 3 unspecified atom stereocenters. The van der Waals surface area contributed by atoms with Crippen LogP contribution in [0.15, 0.2) is 0 Å². The zero-order chi connectivity index (χ0) is 11.7. The predicted molar refractivity (Wildman–Crippen MR) is 60.7 cm³/mol. The van der Waals surface area contributed by atoms with Gasteiger partial charge in [0.2, 0.25) is 11.8 Å². The first-order valence-corrected chi connectivity index (χ1v) is 6.20. The Morgan fingerprint density at radius 1 is 1.44 bits per heavy atom. The Balaban J connectivity index is 1.94. The van der Waals surface area contributed by atoms with E-state index >= 15 is 0 Å². The van der Waals surface area contributed by atoms with Crippen molar-refractivity contribution in [1.82, 2.24) is 10.2 Å². The van der Waals surface area contributed by atoms with Crippen LogP contribution in [0.3, 0.4) is 0 Å². The summed E-state index contributed by atoms with van der Waals surface area (Å²) in [6.07, 6.45) is 2.87. The lowest BCUT2D eigenvalue weighted by atomic mass is 10.1. The Morgan fingerprint density at radius 3 is 2.69 bits per heavy atom. The highest BCUT2D eigenvalue weighted by molar-refractivity contribution is 5.94. The van der Waals surface area contributed by atoms with Crippen LogP contribution in [0, 0.1) is 11.8 Å². The lowest BCUT2D eigenvalue weighted by Gasteiger charge is -2.32. The van der Waals surface area contributed by atoms with Gasteiger partial charge in [-0.3, -0.25) is 9.59 Å². The summed E-state index contributed by atoms with van der Waals surface area (Å²) in [5, 5.41) is 2.77. The second-order valence-electron chi connectivity index (χ2n) is 5.10. The van der Waals surface area contributed by atoms with E-state index in [1.54, 1.807) is 4.90 Å². The van der Waals surface area contributed by atoms with E-state index in [0.717, 1.165) is 25.3 Å². The minimum Gasteiger partial charge on any atom is -0.343 e. The van der Waals surface area contributed by atoms with E-state index in [1.807, 2.05) is 6.92 Å². The van der Waals surface area contributed by atoms with E-state index in [9.17, 15) is 9.59 Å². The lowest BCUT2D eigenvalue weighted by molar-refractivity contribution is -0.144. The molecule has 1 heterocycles. The van der Waals surface area contributed by atoms with Crippen molar-refractivity contribution in [3.63, 3.8) is 0 Å². The first-order chi connectivity index (χ1) is 7.61. The van der Waals surface area contributed by atoms with Crippen molar-refractivity contribution in [3.05, 3.63) is 0 Å². The van der Waals surface area contributed by atoms with Gasteiger partial charge in [0.1, 0.15) is 6.04 Å². The van der Waals surface area contributed by atoms with Gasteiger partial charge in [0.15, 0.2) is 0 Å². The second-order valence-corrected chi connectivity index (χ2v) is 5.10. The standard InChI is InChI=1S/C12H20N2O2/c1-3-4-10-12(16)14(7-11(15)13-10)6-9-5-8(9)2/h8-10H,3-7H2,1-2H3,(H,13,15). The van der Waals surface area contributed by atoms with Crippen molar-refractivity contribution < 1.29 is 9.59 Å². The second kappa shape index (κ2) is 4.44. The largest absolute Gasteiger partial charge is 0.343 e. The third kappa shape index (κ3) is 2.36. The molecule has 0 aromatic heterocycles. The summed E-state index contributed by atoms with van der Waals surface area (Å²) in [5.74, 6) is 1.45. The quantitative estimate of drug-likeness (QED) is 0.766. The molecule has 1 aliphatic carbocycles. The maximum atomic E-state index is 12.0. The first kappa shape index (κ1) is 11.4. The van der Waals surface area contributed by atoms with Crippen LogP contribution in [0.4, 0.5) is 0 Å². The van der Waals surface area contributed by atoms with Crippen molar-refractivity contribution >= 4 is 11.8 Å². The fourth-order valence-electron chi connectivity index (χ4n) is 2.35. The number of nitrogens with one attached hydrogen (secondary N) is 1. The number of carbonyl (C=O) groups excluding carboxylic acids is 2. The van der Waals surface area contributed by atoms with Crippen LogP contribution in [-0.2, 0) is 9.59 Å². The molecule has 4 heteroatoms. The summed E-state index contributed by atoms with van der Waals surface area (Å²) >= 11 is 0. The van der Waals surface area contributed by atoms with Gasteiger partial charge in [0, 0.05) is 6.54 Å². The summed E-state index contributed by atoms with van der Waals surface area (Å²) in [6.45, 7) is 5.25. The molecule has 0 spiro atoms. The third-order valence-corrected chi connectivity index (χ3v) is 3.59. The highest BCUT2D eigenvalue weighted by Crippen LogP contribution is 2.38. The van der Waals surface area contributed by atoms with Gasteiger partial charge in [-0.2, -0.15) is 0 Å². The van der Waals surface area contributed by atoms with Crippen LogP contribution in [-0.4, -0.2) is 35.8 Å². The van der Waals surface area contributed by atoms with E-state index in [1.165, 1.54) is 6.42 Å². The highest BCUT2D eigenvalue weighted by atomic mass is 16.2. The fourth-order valence-corrected chi connectivity index (χ4v) is 2.35. The van der Waals surface area contributed by atoms with Crippen LogP contribution in [0.25, 0.3) is 0 Å². The highest BCUT2D eigenvalue weighted by Gasteiger charge is 2.39. The zero-order valence-electron chi connectivity index (χ0n) is 10.0. The lowest BCUT2D eigenvalue weighted by Crippen LogP contribution is -2.58. The molecule has 16 heavy (non-hydrogen) atoms. The molecule has 1 aliphatic heterocycles. The van der Waals surface area contributed by atoms with Gasteiger partial charge >= 0.3 is 0 Å². The molecular weight excluding hydrogens is 204 g/mol. The van der Waals surface area contributed by atoms with E-state index in [2.05, 4.69) is 12.2 Å². The smallest absolute Gasteiger partial charge is 0.245 e. The molecule has 0 bridgehead atoms. The van der Waals surface area contributed by atoms with Crippen molar-refractivity contribution in [1.29, 1.82) is 0 Å². The molecule has 0 aromatic carbocycles. The van der Waals surface area contributed by atoms with Gasteiger partial charge in [-0.05, 0) is 24.7 Å². The van der Waals surface area contributed by atoms with Crippen LogP contribution >= 0.6 is 0 Å². The minimum absolute atomic E-state index is 0.00801. The Morgan fingerprint density at radius 2 is 2.12 bits per heavy atom. The molecule has 2 rings (SSSR count). The minimum atomic E-state index is -0.277. The topological polar surface area (TPSA) is 49.4 Å². The number of hydrogen-bond acceptors (Lipinski definition) is 2. The maximum Gasteiger partial charge on any atom is 0.245 e. The predicted octanol–water partition coefficient (Wildman–Crippen LogP) is 0.769. The maximum absolute atomic E-state index is 12.0. The van der Waals surface area contributed by atoms with Crippen molar-refractivity contribution in [2.75, 3.05) is 13.1 Å². The molecule has 0 radical (unpaired) electrons.